The Morgan fingerprint density at radius 3 is 2.42 bits per heavy atom. The van der Waals surface area contributed by atoms with Gasteiger partial charge in [0, 0.05) is 10.7 Å². The van der Waals surface area contributed by atoms with E-state index in [1.807, 2.05) is 30.3 Å². The Kier molecular flexibility index (Phi) is 4.93. The van der Waals surface area contributed by atoms with Crippen molar-refractivity contribution in [3.8, 4) is 0 Å². The van der Waals surface area contributed by atoms with Crippen molar-refractivity contribution in [1.82, 2.24) is 9.97 Å². The van der Waals surface area contributed by atoms with Crippen LogP contribution in [0.2, 0.25) is 10.0 Å². The van der Waals surface area contributed by atoms with Crippen molar-refractivity contribution in [2.24, 2.45) is 0 Å². The Morgan fingerprint density at radius 2 is 1.75 bits per heavy atom. The van der Waals surface area contributed by atoms with Crippen molar-refractivity contribution in [2.45, 2.75) is 0 Å². The summed E-state index contributed by atoms with van der Waals surface area (Å²) in [6.07, 6.45) is 2.88. The second-order valence-corrected chi connectivity index (χ2v) is 5.70. The van der Waals surface area contributed by atoms with Crippen LogP contribution in [0.15, 0.2) is 60.9 Å². The molecule has 1 aromatic heterocycles. The zero-order chi connectivity index (χ0) is 16.9. The summed E-state index contributed by atoms with van der Waals surface area (Å²) in [6.45, 7) is 0. The molecule has 1 heterocycles. The van der Waals surface area contributed by atoms with E-state index < -0.39 is 5.91 Å². The molecule has 7 heteroatoms. The normalized spacial score (nSPS) is 10.2. The van der Waals surface area contributed by atoms with Gasteiger partial charge in [0.1, 0.15) is 11.5 Å². The maximum atomic E-state index is 12.2. The predicted octanol–water partition coefficient (Wildman–Crippen LogP) is 4.78. The van der Waals surface area contributed by atoms with Crippen LogP contribution in [0.25, 0.3) is 0 Å². The largest absolute Gasteiger partial charge is 0.339 e. The Hall–Kier alpha value is -2.63. The zero-order valence-electron chi connectivity index (χ0n) is 12.3. The van der Waals surface area contributed by atoms with Gasteiger partial charge in [0.15, 0.2) is 0 Å². The number of benzene rings is 2. The van der Waals surface area contributed by atoms with Crippen LogP contribution in [0, 0.1) is 0 Å². The second-order valence-electron chi connectivity index (χ2n) is 4.86. The van der Waals surface area contributed by atoms with Gasteiger partial charge in [-0.1, -0.05) is 41.4 Å². The van der Waals surface area contributed by atoms with Gasteiger partial charge in [0.05, 0.1) is 23.1 Å². The molecule has 0 aliphatic heterocycles. The molecular weight excluding hydrogens is 347 g/mol. The first-order valence-corrected chi connectivity index (χ1v) is 7.78. The van der Waals surface area contributed by atoms with Crippen molar-refractivity contribution in [1.29, 1.82) is 0 Å². The van der Waals surface area contributed by atoms with E-state index in [4.69, 9.17) is 23.2 Å². The number of carbonyl (C=O) groups excluding carboxylic acids is 1. The highest BCUT2D eigenvalue weighted by molar-refractivity contribution is 6.36. The average molecular weight is 359 g/mol. The van der Waals surface area contributed by atoms with E-state index in [1.54, 1.807) is 18.2 Å². The van der Waals surface area contributed by atoms with Gasteiger partial charge in [0.2, 0.25) is 0 Å². The first-order valence-electron chi connectivity index (χ1n) is 7.02. The van der Waals surface area contributed by atoms with Crippen LogP contribution >= 0.6 is 23.2 Å². The van der Waals surface area contributed by atoms with Crippen molar-refractivity contribution >= 4 is 46.3 Å². The maximum absolute atomic E-state index is 12.2. The quantitative estimate of drug-likeness (QED) is 0.704. The molecule has 120 valence electrons. The molecule has 0 aliphatic carbocycles. The van der Waals surface area contributed by atoms with E-state index in [0.717, 1.165) is 5.69 Å². The van der Waals surface area contributed by atoms with Crippen molar-refractivity contribution in [3.63, 3.8) is 0 Å². The fraction of sp³-hybridized carbons (Fsp3) is 0. The third-order valence-corrected chi connectivity index (χ3v) is 3.66. The van der Waals surface area contributed by atoms with Crippen molar-refractivity contribution in [2.75, 3.05) is 10.6 Å². The highest BCUT2D eigenvalue weighted by Crippen LogP contribution is 2.25. The van der Waals surface area contributed by atoms with E-state index in [0.29, 0.717) is 21.6 Å². The Balaban J connectivity index is 1.69. The van der Waals surface area contributed by atoms with Crippen LogP contribution in [-0.4, -0.2) is 15.9 Å². The summed E-state index contributed by atoms with van der Waals surface area (Å²) in [6, 6.07) is 14.4. The molecule has 0 saturated heterocycles. The third-order valence-electron chi connectivity index (χ3n) is 3.11. The van der Waals surface area contributed by atoms with E-state index in [2.05, 4.69) is 20.6 Å². The molecule has 0 radical (unpaired) electrons. The minimum Gasteiger partial charge on any atom is -0.339 e. The highest BCUT2D eigenvalue weighted by Gasteiger charge is 2.11. The SMILES string of the molecule is O=C(Nc1ccc(Cl)cc1Cl)c1cnc(Nc2ccccc2)cn1. The topological polar surface area (TPSA) is 66.9 Å². The van der Waals surface area contributed by atoms with Gasteiger partial charge in [-0.3, -0.25) is 4.79 Å². The second kappa shape index (κ2) is 7.29. The van der Waals surface area contributed by atoms with Crippen molar-refractivity contribution < 1.29 is 4.79 Å². The number of anilines is 3. The smallest absolute Gasteiger partial charge is 0.275 e. The minimum atomic E-state index is -0.405. The third kappa shape index (κ3) is 4.01. The van der Waals surface area contributed by atoms with Crippen molar-refractivity contribution in [3.05, 3.63) is 76.7 Å². The highest BCUT2D eigenvalue weighted by atomic mass is 35.5. The maximum Gasteiger partial charge on any atom is 0.275 e. The number of nitrogens with zero attached hydrogens (tertiary/aromatic N) is 2. The standard InChI is InChI=1S/C17H12Cl2N4O/c18-11-6-7-14(13(19)8-11)23-17(24)15-9-21-16(10-20-15)22-12-4-2-1-3-5-12/h1-10H,(H,21,22)(H,23,24). The lowest BCUT2D eigenvalue weighted by molar-refractivity contribution is 0.102. The molecule has 0 aliphatic rings. The molecule has 3 rings (SSSR count). The van der Waals surface area contributed by atoms with Crippen LogP contribution in [-0.2, 0) is 0 Å². The predicted molar refractivity (Wildman–Crippen MR) is 96.2 cm³/mol. The average Bonchev–Trinajstić information content (AvgIpc) is 2.59. The summed E-state index contributed by atoms with van der Waals surface area (Å²) in [4.78, 5) is 20.5. The molecule has 0 unspecified atom stereocenters. The summed E-state index contributed by atoms with van der Waals surface area (Å²) in [7, 11) is 0. The lowest BCUT2D eigenvalue weighted by Gasteiger charge is -2.08. The molecular formula is C17H12Cl2N4O. The zero-order valence-corrected chi connectivity index (χ0v) is 13.8. The van der Waals surface area contributed by atoms with E-state index in [-0.39, 0.29) is 5.69 Å². The Bertz CT molecular complexity index is 854. The van der Waals surface area contributed by atoms with Crippen LogP contribution in [0.5, 0.6) is 0 Å². The first-order chi connectivity index (χ1) is 11.6. The molecule has 3 aromatic rings. The molecule has 0 saturated carbocycles. The molecule has 2 aromatic carbocycles. The minimum absolute atomic E-state index is 0.180. The van der Waals surface area contributed by atoms with Gasteiger partial charge >= 0.3 is 0 Å². The number of hydrogen-bond acceptors (Lipinski definition) is 4. The fourth-order valence-corrected chi connectivity index (χ4v) is 2.41. The molecule has 5 nitrogen and oxygen atoms in total. The first kappa shape index (κ1) is 16.2. The number of halogens is 2. The van der Waals surface area contributed by atoms with Gasteiger partial charge in [-0.05, 0) is 30.3 Å². The Labute approximate surface area is 148 Å². The molecule has 0 atom stereocenters. The van der Waals surface area contributed by atoms with Crippen LogP contribution in [0.3, 0.4) is 0 Å². The number of rotatable bonds is 4. The van der Waals surface area contributed by atoms with Gasteiger partial charge < -0.3 is 10.6 Å². The summed E-state index contributed by atoms with van der Waals surface area (Å²) in [5.41, 5.74) is 1.52. The summed E-state index contributed by atoms with van der Waals surface area (Å²) >= 11 is 11.9. The number of hydrogen-bond donors (Lipinski definition) is 2. The summed E-state index contributed by atoms with van der Waals surface area (Å²) in [5.74, 6) is 0.139. The molecule has 24 heavy (non-hydrogen) atoms. The van der Waals surface area contributed by atoms with Gasteiger partial charge in [-0.25, -0.2) is 9.97 Å². The summed E-state index contributed by atoms with van der Waals surface area (Å²) < 4.78 is 0. The molecule has 2 N–H and O–H groups in total. The van der Waals surface area contributed by atoms with Gasteiger partial charge in [-0.2, -0.15) is 0 Å². The number of nitrogens with one attached hydrogen (secondary N) is 2. The monoisotopic (exact) mass is 358 g/mol. The molecule has 0 bridgehead atoms. The lowest BCUT2D eigenvalue weighted by atomic mass is 10.3. The van der Waals surface area contributed by atoms with Gasteiger partial charge in [-0.15, -0.1) is 0 Å². The fourth-order valence-electron chi connectivity index (χ4n) is 1.96. The van der Waals surface area contributed by atoms with E-state index in [1.165, 1.54) is 12.4 Å². The van der Waals surface area contributed by atoms with Crippen LogP contribution in [0.1, 0.15) is 10.5 Å². The van der Waals surface area contributed by atoms with Gasteiger partial charge in [0.25, 0.3) is 5.91 Å². The van der Waals surface area contributed by atoms with Crippen LogP contribution in [0.4, 0.5) is 17.2 Å². The number of amides is 1. The summed E-state index contributed by atoms with van der Waals surface area (Å²) in [5, 5.41) is 6.61. The lowest BCUT2D eigenvalue weighted by Crippen LogP contribution is -2.14. The van der Waals surface area contributed by atoms with Crippen LogP contribution < -0.4 is 10.6 Å². The molecule has 0 spiro atoms. The molecule has 1 amide bonds. The Morgan fingerprint density at radius 1 is 0.958 bits per heavy atom. The number of para-hydroxylation sites is 1. The van der Waals surface area contributed by atoms with E-state index >= 15 is 0 Å². The number of aromatic nitrogens is 2. The van der Waals surface area contributed by atoms with E-state index in [9.17, 15) is 4.79 Å². The number of carbonyl (C=O) groups is 1. The molecule has 0 fully saturated rings.